The van der Waals surface area contributed by atoms with E-state index in [1.165, 1.54) is 141 Å². The number of phosphoric acid groups is 1. The number of phosphoric ester groups is 1. The van der Waals surface area contributed by atoms with Crippen molar-refractivity contribution in [2.75, 3.05) is 33.0 Å². The van der Waals surface area contributed by atoms with E-state index in [1.807, 2.05) is 0 Å². The maximum absolute atomic E-state index is 12.5. The van der Waals surface area contributed by atoms with E-state index in [1.54, 1.807) is 0 Å². The molecule has 298 valence electrons. The van der Waals surface area contributed by atoms with Crippen LogP contribution in [0.5, 0.6) is 0 Å². The standard InChI is InChI=1S/C41H82NO7P/c1-3-5-7-9-11-13-15-17-18-19-20-21-23-25-27-29-31-33-36-46-38-40(39-48-50(44,45)47-37-35-42)49-41(43)34-32-30-28-26-24-22-16-14-12-10-8-6-4-2/h14,16,40H,3-13,15,17-39,42H2,1-2H3,(H,44,45)/b16-14-. The Kier molecular flexibility index (Phi) is 38.8. The van der Waals surface area contributed by atoms with Crippen molar-refractivity contribution in [1.82, 2.24) is 0 Å². The lowest BCUT2D eigenvalue weighted by Gasteiger charge is -2.20. The number of allylic oxidation sites excluding steroid dienone is 2. The maximum atomic E-state index is 12.5. The smallest absolute Gasteiger partial charge is 0.457 e. The highest BCUT2D eigenvalue weighted by molar-refractivity contribution is 7.47. The molecule has 0 saturated heterocycles. The number of rotatable bonds is 41. The highest BCUT2D eigenvalue weighted by Gasteiger charge is 2.25. The van der Waals surface area contributed by atoms with Gasteiger partial charge < -0.3 is 20.1 Å². The van der Waals surface area contributed by atoms with Gasteiger partial charge in [-0.15, -0.1) is 0 Å². The van der Waals surface area contributed by atoms with E-state index < -0.39 is 13.9 Å². The molecule has 0 aromatic heterocycles. The molecule has 0 aromatic rings. The van der Waals surface area contributed by atoms with E-state index in [0.717, 1.165) is 44.9 Å². The zero-order chi connectivity index (χ0) is 36.6. The summed E-state index contributed by atoms with van der Waals surface area (Å²) < 4.78 is 33.4. The van der Waals surface area contributed by atoms with Crippen LogP contribution in [0, 0.1) is 0 Å². The lowest BCUT2D eigenvalue weighted by molar-refractivity contribution is -0.154. The van der Waals surface area contributed by atoms with Crippen molar-refractivity contribution < 1.29 is 32.8 Å². The SMILES string of the molecule is CCCCCC/C=C\CCCCCCCC(=O)OC(COCCCCCCCCCCCCCCCCCCCC)COP(=O)(O)OCCN. The van der Waals surface area contributed by atoms with Crippen LogP contribution in [0.3, 0.4) is 0 Å². The number of hydrogen-bond acceptors (Lipinski definition) is 7. The first-order chi connectivity index (χ1) is 24.4. The molecule has 8 nitrogen and oxygen atoms in total. The van der Waals surface area contributed by atoms with E-state index in [2.05, 4.69) is 26.0 Å². The average molecular weight is 732 g/mol. The lowest BCUT2D eigenvalue weighted by Crippen LogP contribution is -2.28. The van der Waals surface area contributed by atoms with Crippen LogP contribution < -0.4 is 5.73 Å². The fourth-order valence-electron chi connectivity index (χ4n) is 6.05. The third kappa shape index (κ3) is 38.5. The van der Waals surface area contributed by atoms with Crippen molar-refractivity contribution in [3.05, 3.63) is 12.2 Å². The van der Waals surface area contributed by atoms with E-state index in [0.29, 0.717) is 13.0 Å². The topological polar surface area (TPSA) is 117 Å². The summed E-state index contributed by atoms with van der Waals surface area (Å²) in [6.45, 7) is 4.93. The molecule has 0 aliphatic heterocycles. The first kappa shape index (κ1) is 49.2. The summed E-state index contributed by atoms with van der Waals surface area (Å²) in [5.74, 6) is -0.336. The van der Waals surface area contributed by atoms with Crippen molar-refractivity contribution >= 4 is 13.8 Å². The van der Waals surface area contributed by atoms with Gasteiger partial charge in [-0.25, -0.2) is 4.57 Å². The second-order valence-electron chi connectivity index (χ2n) is 14.2. The minimum Gasteiger partial charge on any atom is -0.457 e. The van der Waals surface area contributed by atoms with Gasteiger partial charge in [-0.1, -0.05) is 174 Å². The molecule has 0 saturated carbocycles. The number of unbranched alkanes of at least 4 members (excludes halogenated alkanes) is 26. The molecular weight excluding hydrogens is 649 g/mol. The molecule has 0 amide bonds. The summed E-state index contributed by atoms with van der Waals surface area (Å²) in [7, 11) is -4.27. The Morgan fingerprint density at radius 3 is 1.48 bits per heavy atom. The number of esters is 1. The third-order valence-electron chi connectivity index (χ3n) is 9.18. The molecular formula is C41H82NO7P. The van der Waals surface area contributed by atoms with Crippen LogP contribution in [0.1, 0.15) is 206 Å². The molecule has 0 spiro atoms. The fourth-order valence-corrected chi connectivity index (χ4v) is 6.82. The summed E-state index contributed by atoms with van der Waals surface area (Å²) in [6, 6.07) is 0. The van der Waals surface area contributed by atoms with Crippen LogP contribution in [-0.4, -0.2) is 49.9 Å². The van der Waals surface area contributed by atoms with Crippen LogP contribution in [0.2, 0.25) is 0 Å². The Balaban J connectivity index is 3.99. The van der Waals surface area contributed by atoms with Gasteiger partial charge in [0, 0.05) is 19.6 Å². The number of carbonyl (C=O) groups excluding carboxylic acids is 1. The Hall–Kier alpha value is -0.760. The van der Waals surface area contributed by atoms with Gasteiger partial charge in [0.05, 0.1) is 19.8 Å². The average Bonchev–Trinajstić information content (AvgIpc) is 3.10. The summed E-state index contributed by atoms with van der Waals surface area (Å²) in [5, 5.41) is 0. The summed E-state index contributed by atoms with van der Waals surface area (Å²) >= 11 is 0. The molecule has 2 atom stereocenters. The van der Waals surface area contributed by atoms with Gasteiger partial charge >= 0.3 is 13.8 Å². The monoisotopic (exact) mass is 732 g/mol. The molecule has 0 heterocycles. The van der Waals surface area contributed by atoms with Crippen LogP contribution in [0.4, 0.5) is 0 Å². The van der Waals surface area contributed by atoms with Crippen molar-refractivity contribution in [2.24, 2.45) is 5.73 Å². The molecule has 2 unspecified atom stereocenters. The number of ether oxygens (including phenoxy) is 2. The Bertz CT molecular complexity index is 782. The Morgan fingerprint density at radius 1 is 0.580 bits per heavy atom. The maximum Gasteiger partial charge on any atom is 0.472 e. The number of nitrogens with two attached hydrogens (primary N) is 1. The van der Waals surface area contributed by atoms with Gasteiger partial charge in [-0.05, 0) is 38.5 Å². The summed E-state index contributed by atoms with van der Waals surface area (Å²) in [4.78, 5) is 22.4. The van der Waals surface area contributed by atoms with Crippen LogP contribution >= 0.6 is 7.82 Å². The van der Waals surface area contributed by atoms with E-state index in [-0.39, 0.29) is 32.3 Å². The van der Waals surface area contributed by atoms with E-state index in [9.17, 15) is 14.3 Å². The fraction of sp³-hybridized carbons (Fsp3) is 0.927. The number of carbonyl (C=O) groups is 1. The highest BCUT2D eigenvalue weighted by Crippen LogP contribution is 2.43. The van der Waals surface area contributed by atoms with E-state index in [4.69, 9.17) is 24.3 Å². The zero-order valence-corrected chi connectivity index (χ0v) is 33.8. The molecule has 0 rings (SSSR count). The molecule has 9 heteroatoms. The molecule has 0 fully saturated rings. The van der Waals surface area contributed by atoms with Gasteiger partial charge in [-0.3, -0.25) is 13.8 Å². The van der Waals surface area contributed by atoms with E-state index >= 15 is 0 Å². The van der Waals surface area contributed by atoms with Crippen molar-refractivity contribution in [3.8, 4) is 0 Å². The second-order valence-corrected chi connectivity index (χ2v) is 15.7. The molecule has 3 N–H and O–H groups in total. The first-order valence-electron chi connectivity index (χ1n) is 21.2. The van der Waals surface area contributed by atoms with Gasteiger partial charge in [0.15, 0.2) is 0 Å². The van der Waals surface area contributed by atoms with Crippen LogP contribution in [0.25, 0.3) is 0 Å². The van der Waals surface area contributed by atoms with Crippen LogP contribution in [-0.2, 0) is 27.9 Å². The molecule has 0 radical (unpaired) electrons. The summed E-state index contributed by atoms with van der Waals surface area (Å²) in [5.41, 5.74) is 5.36. The largest absolute Gasteiger partial charge is 0.472 e. The second kappa shape index (κ2) is 39.4. The predicted octanol–water partition coefficient (Wildman–Crippen LogP) is 12.3. The molecule has 0 bridgehead atoms. The van der Waals surface area contributed by atoms with Gasteiger partial charge in [0.25, 0.3) is 0 Å². The zero-order valence-electron chi connectivity index (χ0n) is 32.9. The lowest BCUT2D eigenvalue weighted by atomic mass is 10.0. The van der Waals surface area contributed by atoms with Gasteiger partial charge in [-0.2, -0.15) is 0 Å². The van der Waals surface area contributed by atoms with Crippen molar-refractivity contribution in [1.29, 1.82) is 0 Å². The third-order valence-corrected chi connectivity index (χ3v) is 10.2. The van der Waals surface area contributed by atoms with Crippen molar-refractivity contribution in [3.63, 3.8) is 0 Å². The predicted molar refractivity (Wildman–Crippen MR) is 210 cm³/mol. The molecule has 50 heavy (non-hydrogen) atoms. The number of hydrogen-bond donors (Lipinski definition) is 2. The minimum absolute atomic E-state index is 0.0938. The Labute approximate surface area is 309 Å². The molecule has 0 aromatic carbocycles. The first-order valence-corrected chi connectivity index (χ1v) is 22.7. The quantitative estimate of drug-likeness (QED) is 0.0276. The molecule has 0 aliphatic carbocycles. The highest BCUT2D eigenvalue weighted by atomic mass is 31.2. The van der Waals surface area contributed by atoms with Crippen LogP contribution in [0.15, 0.2) is 12.2 Å². The summed E-state index contributed by atoms with van der Waals surface area (Å²) in [6.07, 6.45) is 40.8. The normalized spacial score (nSPS) is 13.6. The van der Waals surface area contributed by atoms with Gasteiger partial charge in [0.1, 0.15) is 6.10 Å². The Morgan fingerprint density at radius 2 is 1.00 bits per heavy atom. The minimum atomic E-state index is -4.27. The van der Waals surface area contributed by atoms with Crippen molar-refractivity contribution in [2.45, 2.75) is 213 Å². The molecule has 0 aliphatic rings. The van der Waals surface area contributed by atoms with Gasteiger partial charge in [0.2, 0.25) is 0 Å².